The van der Waals surface area contributed by atoms with E-state index in [0.717, 1.165) is 0 Å². The summed E-state index contributed by atoms with van der Waals surface area (Å²) in [6.07, 6.45) is 1.30. The topological polar surface area (TPSA) is 72.0 Å². The van der Waals surface area contributed by atoms with E-state index in [0.29, 0.717) is 15.9 Å². The fourth-order valence-electron chi connectivity index (χ4n) is 1.90. The van der Waals surface area contributed by atoms with Gasteiger partial charge in [0.05, 0.1) is 10.4 Å². The van der Waals surface area contributed by atoms with Gasteiger partial charge < -0.3 is 0 Å². The van der Waals surface area contributed by atoms with E-state index in [1.807, 2.05) is 0 Å². The van der Waals surface area contributed by atoms with E-state index >= 15 is 0 Å². The van der Waals surface area contributed by atoms with Crippen molar-refractivity contribution < 1.29 is 8.42 Å². The third-order valence-corrected chi connectivity index (χ3v) is 4.47. The maximum atomic E-state index is 12.3. The fourth-order valence-corrected chi connectivity index (χ4v) is 3.12. The Morgan fingerprint density at radius 2 is 1.76 bits per heavy atom. The van der Waals surface area contributed by atoms with Crippen LogP contribution in [0.3, 0.4) is 0 Å². The molecule has 3 aromatic rings. The smallest absolute Gasteiger partial charge is 0.263 e. The molecule has 0 saturated heterocycles. The van der Waals surface area contributed by atoms with Gasteiger partial charge in [-0.1, -0.05) is 29.8 Å². The van der Waals surface area contributed by atoms with Crippen LogP contribution in [0.2, 0.25) is 5.02 Å². The summed E-state index contributed by atoms with van der Waals surface area (Å²) < 4.78 is 27.1. The maximum Gasteiger partial charge on any atom is 0.263 e. The van der Waals surface area contributed by atoms with Crippen molar-refractivity contribution in [1.29, 1.82) is 0 Å². The van der Waals surface area contributed by atoms with Crippen LogP contribution in [-0.2, 0) is 10.0 Å². The number of sulfonamides is 1. The van der Waals surface area contributed by atoms with Crippen molar-refractivity contribution in [3.8, 4) is 0 Å². The number of halogens is 1. The zero-order valence-corrected chi connectivity index (χ0v) is 12.3. The molecule has 1 N–H and O–H groups in total. The second kappa shape index (κ2) is 5.31. The Labute approximate surface area is 126 Å². The third kappa shape index (κ3) is 2.81. The van der Waals surface area contributed by atoms with Gasteiger partial charge in [0.1, 0.15) is 6.33 Å². The molecule has 1 heterocycles. The molecular weight excluding hydrogens is 310 g/mol. The Morgan fingerprint density at radius 3 is 2.52 bits per heavy atom. The predicted octanol–water partition coefficient (Wildman–Crippen LogP) is 3.08. The lowest BCUT2D eigenvalue weighted by Gasteiger charge is -2.09. The molecule has 0 unspecified atom stereocenters. The summed E-state index contributed by atoms with van der Waals surface area (Å²) in [5, 5.41) is 1.03. The number of fused-ring (bicyclic) bond motifs is 1. The van der Waals surface area contributed by atoms with E-state index in [1.165, 1.54) is 18.5 Å². The number of hydrogen-bond donors (Lipinski definition) is 1. The Balaban J connectivity index is 2.08. The van der Waals surface area contributed by atoms with Crippen LogP contribution in [0.5, 0.6) is 0 Å². The van der Waals surface area contributed by atoms with Crippen LogP contribution in [0.1, 0.15) is 0 Å². The average Bonchev–Trinajstić information content (AvgIpc) is 2.48. The van der Waals surface area contributed by atoms with Crippen LogP contribution in [0, 0.1) is 0 Å². The molecule has 0 aliphatic rings. The van der Waals surface area contributed by atoms with Crippen LogP contribution in [0.25, 0.3) is 10.9 Å². The molecule has 106 valence electrons. The van der Waals surface area contributed by atoms with Crippen LogP contribution in [0.15, 0.2) is 59.8 Å². The SMILES string of the molecule is O=S(=O)(Nc1ncnc2ccc(Cl)cc12)c1ccccc1. The molecule has 0 spiro atoms. The standard InChI is InChI=1S/C14H10ClN3O2S/c15-10-6-7-13-12(8-10)14(17-9-16-13)18-21(19,20)11-4-2-1-3-5-11/h1-9H,(H,16,17,18). The van der Waals surface area contributed by atoms with Gasteiger partial charge in [-0.3, -0.25) is 4.72 Å². The third-order valence-electron chi connectivity index (χ3n) is 2.88. The van der Waals surface area contributed by atoms with Gasteiger partial charge in [0.25, 0.3) is 10.0 Å². The average molecular weight is 320 g/mol. The number of anilines is 1. The Morgan fingerprint density at radius 1 is 1.00 bits per heavy atom. The summed E-state index contributed by atoms with van der Waals surface area (Å²) in [5.41, 5.74) is 0.611. The zero-order chi connectivity index (χ0) is 14.9. The second-order valence-electron chi connectivity index (χ2n) is 4.30. The molecule has 0 bridgehead atoms. The van der Waals surface area contributed by atoms with Crippen molar-refractivity contribution in [2.45, 2.75) is 4.90 Å². The lowest BCUT2D eigenvalue weighted by molar-refractivity contribution is 0.601. The number of aromatic nitrogens is 2. The summed E-state index contributed by atoms with van der Waals surface area (Å²) in [6.45, 7) is 0. The molecule has 7 heteroatoms. The molecule has 1 aromatic heterocycles. The van der Waals surface area contributed by atoms with E-state index in [-0.39, 0.29) is 10.7 Å². The molecule has 0 aliphatic carbocycles. The van der Waals surface area contributed by atoms with Gasteiger partial charge in [0, 0.05) is 10.4 Å². The van der Waals surface area contributed by atoms with Crippen molar-refractivity contribution in [3.05, 3.63) is 59.9 Å². The highest BCUT2D eigenvalue weighted by Crippen LogP contribution is 2.24. The van der Waals surface area contributed by atoms with E-state index in [9.17, 15) is 8.42 Å². The summed E-state index contributed by atoms with van der Waals surface area (Å²) in [6, 6.07) is 13.1. The normalized spacial score (nSPS) is 11.5. The lowest BCUT2D eigenvalue weighted by atomic mass is 10.2. The summed E-state index contributed by atoms with van der Waals surface area (Å²) >= 11 is 5.95. The summed E-state index contributed by atoms with van der Waals surface area (Å²) in [7, 11) is -3.70. The van der Waals surface area contributed by atoms with Crippen molar-refractivity contribution >= 4 is 38.3 Å². The van der Waals surface area contributed by atoms with Gasteiger partial charge in [-0.2, -0.15) is 0 Å². The molecule has 0 saturated carbocycles. The van der Waals surface area contributed by atoms with Crippen molar-refractivity contribution in [3.63, 3.8) is 0 Å². The first kappa shape index (κ1) is 13.8. The van der Waals surface area contributed by atoms with Gasteiger partial charge >= 0.3 is 0 Å². The van der Waals surface area contributed by atoms with Gasteiger partial charge in [-0.05, 0) is 30.3 Å². The van der Waals surface area contributed by atoms with Crippen molar-refractivity contribution in [1.82, 2.24) is 9.97 Å². The van der Waals surface area contributed by atoms with Gasteiger partial charge in [0.2, 0.25) is 0 Å². The highest BCUT2D eigenvalue weighted by molar-refractivity contribution is 7.92. The molecule has 3 rings (SSSR count). The molecule has 0 amide bonds. The first-order valence-electron chi connectivity index (χ1n) is 6.04. The number of nitrogens with one attached hydrogen (secondary N) is 1. The van der Waals surface area contributed by atoms with Gasteiger partial charge in [-0.25, -0.2) is 18.4 Å². The summed E-state index contributed by atoms with van der Waals surface area (Å²) in [5.74, 6) is 0.200. The molecule has 0 radical (unpaired) electrons. The maximum absolute atomic E-state index is 12.3. The molecule has 0 fully saturated rings. The monoisotopic (exact) mass is 319 g/mol. The van der Waals surface area contributed by atoms with Crippen LogP contribution in [-0.4, -0.2) is 18.4 Å². The Hall–Kier alpha value is -2.18. The number of rotatable bonds is 3. The first-order valence-corrected chi connectivity index (χ1v) is 7.90. The molecule has 0 aliphatic heterocycles. The van der Waals surface area contributed by atoms with Gasteiger partial charge in [-0.15, -0.1) is 0 Å². The highest BCUT2D eigenvalue weighted by Gasteiger charge is 2.16. The molecular formula is C14H10ClN3O2S. The highest BCUT2D eigenvalue weighted by atomic mass is 35.5. The lowest BCUT2D eigenvalue weighted by Crippen LogP contribution is -2.14. The minimum atomic E-state index is -3.70. The van der Waals surface area contributed by atoms with Crippen molar-refractivity contribution in [2.75, 3.05) is 4.72 Å². The largest absolute Gasteiger partial charge is 0.263 e. The van der Waals surface area contributed by atoms with Crippen LogP contribution in [0.4, 0.5) is 5.82 Å². The second-order valence-corrected chi connectivity index (χ2v) is 6.42. The minimum absolute atomic E-state index is 0.166. The van der Waals surface area contributed by atoms with E-state index in [1.54, 1.807) is 36.4 Å². The molecule has 2 aromatic carbocycles. The predicted molar refractivity (Wildman–Crippen MR) is 81.8 cm³/mol. The Bertz CT molecular complexity index is 898. The van der Waals surface area contributed by atoms with Crippen LogP contribution < -0.4 is 4.72 Å². The minimum Gasteiger partial charge on any atom is -0.263 e. The zero-order valence-electron chi connectivity index (χ0n) is 10.7. The number of hydrogen-bond acceptors (Lipinski definition) is 4. The van der Waals surface area contributed by atoms with Crippen molar-refractivity contribution in [2.24, 2.45) is 0 Å². The first-order chi connectivity index (χ1) is 10.1. The molecule has 5 nitrogen and oxygen atoms in total. The summed E-state index contributed by atoms with van der Waals surface area (Å²) in [4.78, 5) is 8.25. The van der Waals surface area contributed by atoms with E-state index in [2.05, 4.69) is 14.7 Å². The molecule has 0 atom stereocenters. The number of nitrogens with zero attached hydrogens (tertiary/aromatic N) is 2. The Kier molecular flexibility index (Phi) is 3.48. The molecule has 21 heavy (non-hydrogen) atoms. The van der Waals surface area contributed by atoms with Crippen LogP contribution >= 0.6 is 11.6 Å². The fraction of sp³-hybridized carbons (Fsp3) is 0. The van der Waals surface area contributed by atoms with E-state index in [4.69, 9.17) is 11.6 Å². The van der Waals surface area contributed by atoms with E-state index < -0.39 is 10.0 Å². The quantitative estimate of drug-likeness (QED) is 0.805. The number of benzene rings is 2. The van der Waals surface area contributed by atoms with Gasteiger partial charge in [0.15, 0.2) is 5.82 Å².